The molecule has 2 aromatic rings. The Morgan fingerprint density at radius 1 is 1.38 bits per heavy atom. The molecule has 2 aliphatic heterocycles. The third-order valence-electron chi connectivity index (χ3n) is 5.35. The van der Waals surface area contributed by atoms with Crippen LogP contribution in [-0.4, -0.2) is 38.8 Å². The van der Waals surface area contributed by atoms with Crippen molar-refractivity contribution >= 4 is 5.91 Å². The maximum atomic E-state index is 12.8. The summed E-state index contributed by atoms with van der Waals surface area (Å²) in [5.74, 6) is 1.38. The monoisotopic (exact) mass is 357 g/mol. The lowest BCUT2D eigenvalue weighted by Gasteiger charge is -2.22. The van der Waals surface area contributed by atoms with Crippen LogP contribution in [0.3, 0.4) is 0 Å². The van der Waals surface area contributed by atoms with Crippen LogP contribution in [0, 0.1) is 0 Å². The molecule has 4 heterocycles. The smallest absolute Gasteiger partial charge is 0.223 e. The average Bonchev–Trinajstić information content (AvgIpc) is 3.37. The number of rotatable bonds is 5. The van der Waals surface area contributed by atoms with E-state index in [0.717, 1.165) is 56.2 Å². The minimum absolute atomic E-state index is 0.0538. The molecule has 4 rings (SSSR count). The molecule has 1 atom stereocenters. The lowest BCUT2D eigenvalue weighted by Crippen LogP contribution is -2.31. The van der Waals surface area contributed by atoms with Crippen LogP contribution in [0.15, 0.2) is 16.7 Å². The predicted octanol–water partition coefficient (Wildman–Crippen LogP) is 2.39. The maximum absolute atomic E-state index is 12.8. The molecule has 0 unspecified atom stereocenters. The van der Waals surface area contributed by atoms with Crippen molar-refractivity contribution in [2.24, 2.45) is 0 Å². The van der Waals surface area contributed by atoms with Gasteiger partial charge in [0.2, 0.25) is 5.91 Å². The first kappa shape index (κ1) is 17.3. The van der Waals surface area contributed by atoms with Crippen molar-refractivity contribution in [3.63, 3.8) is 0 Å². The van der Waals surface area contributed by atoms with Gasteiger partial charge in [0.1, 0.15) is 11.5 Å². The molecule has 26 heavy (non-hydrogen) atoms. The number of nitrogens with zero attached hydrogens (tertiary/aromatic N) is 4. The first-order chi connectivity index (χ1) is 12.6. The van der Waals surface area contributed by atoms with Gasteiger partial charge < -0.3 is 14.7 Å². The summed E-state index contributed by atoms with van der Waals surface area (Å²) in [6, 6.07) is 4.18. The standard InChI is InChI=1S/C19H27N5O2/c1-13(2)18-11-16(22-26-18)17-4-3-8-23(17)19(25)6-5-14-10-15-12-20-7-9-24(15)21-14/h10-11,13,17,20H,3-9,12H2,1-2H3/t17-/m1/s1. The Hall–Kier alpha value is -2.15. The Kier molecular flexibility index (Phi) is 4.80. The van der Waals surface area contributed by atoms with Crippen LogP contribution in [0.2, 0.25) is 0 Å². The molecule has 7 heteroatoms. The van der Waals surface area contributed by atoms with E-state index in [9.17, 15) is 4.79 Å². The maximum Gasteiger partial charge on any atom is 0.223 e. The molecule has 2 aliphatic rings. The van der Waals surface area contributed by atoms with E-state index in [1.54, 1.807) is 0 Å². The van der Waals surface area contributed by atoms with E-state index in [1.165, 1.54) is 5.69 Å². The van der Waals surface area contributed by atoms with Crippen molar-refractivity contribution in [2.45, 2.75) is 64.6 Å². The van der Waals surface area contributed by atoms with Crippen molar-refractivity contribution in [1.82, 2.24) is 25.2 Å². The Morgan fingerprint density at radius 2 is 2.27 bits per heavy atom. The van der Waals surface area contributed by atoms with Crippen molar-refractivity contribution in [3.05, 3.63) is 35.0 Å². The zero-order valence-electron chi connectivity index (χ0n) is 15.6. The fraction of sp³-hybridized carbons (Fsp3) is 0.632. The van der Waals surface area contributed by atoms with Gasteiger partial charge in [-0.25, -0.2) is 0 Å². The lowest BCUT2D eigenvalue weighted by atomic mass is 10.1. The van der Waals surface area contributed by atoms with Crippen LogP contribution in [0.25, 0.3) is 0 Å². The molecule has 1 amide bonds. The SMILES string of the molecule is CC(C)c1cc([C@H]2CCCN2C(=O)CCc2cc3n(n2)CCNC3)no1. The number of likely N-dealkylation sites (tertiary alicyclic amines) is 1. The number of aryl methyl sites for hydroxylation is 1. The molecule has 0 aromatic carbocycles. The minimum atomic E-state index is 0.0538. The van der Waals surface area contributed by atoms with Crippen LogP contribution in [0.5, 0.6) is 0 Å². The molecule has 0 aliphatic carbocycles. The van der Waals surface area contributed by atoms with Crippen LogP contribution in [0.1, 0.15) is 67.9 Å². The van der Waals surface area contributed by atoms with Gasteiger partial charge in [-0.1, -0.05) is 19.0 Å². The first-order valence-electron chi connectivity index (χ1n) is 9.64. The van der Waals surface area contributed by atoms with Gasteiger partial charge in [-0.15, -0.1) is 0 Å². The molecule has 140 valence electrons. The van der Waals surface area contributed by atoms with Crippen molar-refractivity contribution in [3.8, 4) is 0 Å². The third-order valence-corrected chi connectivity index (χ3v) is 5.35. The second kappa shape index (κ2) is 7.23. The minimum Gasteiger partial charge on any atom is -0.361 e. The number of aromatic nitrogens is 3. The topological polar surface area (TPSA) is 76.2 Å². The Bertz CT molecular complexity index is 755. The Labute approximate surface area is 153 Å². The van der Waals surface area contributed by atoms with Gasteiger partial charge in [0.05, 0.1) is 24.0 Å². The highest BCUT2D eigenvalue weighted by atomic mass is 16.5. The molecule has 0 spiro atoms. The summed E-state index contributed by atoms with van der Waals surface area (Å²) < 4.78 is 7.49. The first-order valence-corrected chi connectivity index (χ1v) is 9.64. The summed E-state index contributed by atoms with van der Waals surface area (Å²) in [6.45, 7) is 7.70. The van der Waals surface area contributed by atoms with E-state index in [2.05, 4.69) is 40.2 Å². The second-order valence-corrected chi connectivity index (χ2v) is 7.58. The second-order valence-electron chi connectivity index (χ2n) is 7.58. The zero-order valence-corrected chi connectivity index (χ0v) is 15.6. The fourth-order valence-corrected chi connectivity index (χ4v) is 3.86. The number of carbonyl (C=O) groups excluding carboxylic acids is 1. The van der Waals surface area contributed by atoms with Gasteiger partial charge in [-0.2, -0.15) is 5.10 Å². The van der Waals surface area contributed by atoms with Crippen molar-refractivity contribution < 1.29 is 9.32 Å². The summed E-state index contributed by atoms with van der Waals surface area (Å²) in [6.07, 6.45) is 3.17. The van der Waals surface area contributed by atoms with E-state index < -0.39 is 0 Å². The van der Waals surface area contributed by atoms with Gasteiger partial charge in [-0.3, -0.25) is 9.48 Å². The normalized spacial score (nSPS) is 20.0. The fourth-order valence-electron chi connectivity index (χ4n) is 3.86. The van der Waals surface area contributed by atoms with Crippen molar-refractivity contribution in [2.75, 3.05) is 13.1 Å². The summed E-state index contributed by atoms with van der Waals surface area (Å²) >= 11 is 0. The Balaban J connectivity index is 1.39. The summed E-state index contributed by atoms with van der Waals surface area (Å²) in [4.78, 5) is 14.8. The summed E-state index contributed by atoms with van der Waals surface area (Å²) in [7, 11) is 0. The van der Waals surface area contributed by atoms with Gasteiger partial charge >= 0.3 is 0 Å². The summed E-state index contributed by atoms with van der Waals surface area (Å²) in [5, 5.41) is 12.2. The number of nitrogens with one attached hydrogen (secondary N) is 1. The van der Waals surface area contributed by atoms with E-state index in [0.29, 0.717) is 18.8 Å². The molecular formula is C19H27N5O2. The van der Waals surface area contributed by atoms with Crippen LogP contribution >= 0.6 is 0 Å². The number of hydrogen-bond acceptors (Lipinski definition) is 5. The van der Waals surface area contributed by atoms with Crippen LogP contribution in [-0.2, 0) is 24.3 Å². The van der Waals surface area contributed by atoms with Gasteiger partial charge in [0.25, 0.3) is 0 Å². The predicted molar refractivity (Wildman–Crippen MR) is 96.5 cm³/mol. The number of carbonyl (C=O) groups is 1. The van der Waals surface area contributed by atoms with Crippen LogP contribution < -0.4 is 5.32 Å². The number of hydrogen-bond donors (Lipinski definition) is 1. The molecule has 2 aromatic heterocycles. The number of amides is 1. The third kappa shape index (κ3) is 3.40. The van der Waals surface area contributed by atoms with Gasteiger partial charge in [0, 0.05) is 44.5 Å². The highest BCUT2D eigenvalue weighted by Gasteiger charge is 2.32. The highest BCUT2D eigenvalue weighted by Crippen LogP contribution is 2.33. The molecule has 0 bridgehead atoms. The van der Waals surface area contributed by atoms with Crippen LogP contribution in [0.4, 0.5) is 0 Å². The average molecular weight is 357 g/mol. The van der Waals surface area contributed by atoms with E-state index in [-0.39, 0.29) is 11.9 Å². The number of fused-ring (bicyclic) bond motifs is 1. The molecule has 7 nitrogen and oxygen atoms in total. The largest absolute Gasteiger partial charge is 0.361 e. The van der Waals surface area contributed by atoms with Gasteiger partial charge in [-0.05, 0) is 18.9 Å². The van der Waals surface area contributed by atoms with E-state index in [4.69, 9.17) is 4.52 Å². The molecule has 1 N–H and O–H groups in total. The molecular weight excluding hydrogens is 330 g/mol. The molecule has 1 saturated heterocycles. The van der Waals surface area contributed by atoms with E-state index >= 15 is 0 Å². The molecule has 0 saturated carbocycles. The Morgan fingerprint density at radius 3 is 3.04 bits per heavy atom. The van der Waals surface area contributed by atoms with Crippen molar-refractivity contribution in [1.29, 1.82) is 0 Å². The quantitative estimate of drug-likeness (QED) is 0.889. The highest BCUT2D eigenvalue weighted by molar-refractivity contribution is 5.77. The lowest BCUT2D eigenvalue weighted by molar-refractivity contribution is -0.132. The molecule has 0 radical (unpaired) electrons. The summed E-state index contributed by atoms with van der Waals surface area (Å²) in [5.41, 5.74) is 3.11. The molecule has 1 fully saturated rings. The van der Waals surface area contributed by atoms with Gasteiger partial charge in [0.15, 0.2) is 0 Å². The van der Waals surface area contributed by atoms with E-state index in [1.807, 2.05) is 11.0 Å². The zero-order chi connectivity index (χ0) is 18.1.